The Morgan fingerprint density at radius 2 is 2.19 bits per heavy atom. The van der Waals surface area contributed by atoms with Crippen molar-refractivity contribution in [1.82, 2.24) is 5.32 Å². The number of rotatable bonds is 4. The van der Waals surface area contributed by atoms with E-state index in [-0.39, 0.29) is 12.0 Å². The minimum atomic E-state index is -0.505. The maximum atomic E-state index is 11.8. The first kappa shape index (κ1) is 13.8. The van der Waals surface area contributed by atoms with Crippen LogP contribution in [-0.2, 0) is 4.79 Å². The third-order valence-electron chi connectivity index (χ3n) is 3.26. The van der Waals surface area contributed by atoms with E-state index >= 15 is 0 Å². The summed E-state index contributed by atoms with van der Waals surface area (Å²) in [6.07, 6.45) is 3.68. The summed E-state index contributed by atoms with van der Waals surface area (Å²) in [7, 11) is 0. The fraction of sp³-hybridized carbons (Fsp3) is 0.917. The van der Waals surface area contributed by atoms with Crippen molar-refractivity contribution in [2.45, 2.75) is 45.6 Å². The average Bonchev–Trinajstić information content (AvgIpc) is 2.26. The van der Waals surface area contributed by atoms with Crippen molar-refractivity contribution in [3.63, 3.8) is 0 Å². The average molecular weight is 248 g/mol. The largest absolute Gasteiger partial charge is 0.393 e. The molecule has 2 unspecified atom stereocenters. The molecular weight excluding hydrogens is 226 g/mol. The number of amides is 1. The van der Waals surface area contributed by atoms with E-state index in [1.54, 1.807) is 0 Å². The molecule has 1 aliphatic carbocycles. The summed E-state index contributed by atoms with van der Waals surface area (Å²) in [5.74, 6) is 0.743. The maximum absolute atomic E-state index is 11.8. The highest BCUT2D eigenvalue weighted by atomic mass is 35.5. The minimum Gasteiger partial charge on any atom is -0.393 e. The number of nitrogens with one attached hydrogen (secondary N) is 1. The summed E-state index contributed by atoms with van der Waals surface area (Å²) in [6, 6.07) is 0. The van der Waals surface area contributed by atoms with Crippen LogP contribution in [0.3, 0.4) is 0 Å². The Labute approximate surface area is 103 Å². The molecule has 4 heteroatoms. The summed E-state index contributed by atoms with van der Waals surface area (Å²) < 4.78 is 0. The number of hydrogen-bond acceptors (Lipinski definition) is 2. The molecule has 0 aromatic carbocycles. The van der Waals surface area contributed by atoms with E-state index in [0.29, 0.717) is 18.3 Å². The minimum absolute atomic E-state index is 0.00237. The Bertz CT molecular complexity index is 243. The van der Waals surface area contributed by atoms with Crippen LogP contribution in [0.5, 0.6) is 0 Å². The van der Waals surface area contributed by atoms with Gasteiger partial charge in [-0.25, -0.2) is 0 Å². The molecule has 0 spiro atoms. The van der Waals surface area contributed by atoms with Crippen LogP contribution in [0, 0.1) is 11.3 Å². The summed E-state index contributed by atoms with van der Waals surface area (Å²) >= 11 is 5.73. The van der Waals surface area contributed by atoms with Gasteiger partial charge in [0.15, 0.2) is 0 Å². The molecule has 2 N–H and O–H groups in total. The first-order chi connectivity index (χ1) is 7.45. The van der Waals surface area contributed by atoms with Gasteiger partial charge in [-0.3, -0.25) is 4.79 Å². The summed E-state index contributed by atoms with van der Waals surface area (Å²) in [4.78, 5) is 11.8. The molecular formula is C12H22ClNO2. The first-order valence-electron chi connectivity index (χ1n) is 5.98. The van der Waals surface area contributed by atoms with Gasteiger partial charge in [0.25, 0.3) is 0 Å². The van der Waals surface area contributed by atoms with E-state index in [2.05, 4.69) is 5.32 Å². The fourth-order valence-electron chi connectivity index (χ4n) is 1.99. The van der Waals surface area contributed by atoms with Crippen LogP contribution in [0.25, 0.3) is 0 Å². The third-order valence-corrected chi connectivity index (χ3v) is 3.92. The van der Waals surface area contributed by atoms with Crippen LogP contribution in [0.4, 0.5) is 0 Å². The van der Waals surface area contributed by atoms with Crippen molar-refractivity contribution in [2.24, 2.45) is 11.3 Å². The highest BCUT2D eigenvalue weighted by Crippen LogP contribution is 2.24. The van der Waals surface area contributed by atoms with E-state index in [4.69, 9.17) is 11.6 Å². The van der Waals surface area contributed by atoms with Crippen molar-refractivity contribution >= 4 is 17.5 Å². The molecule has 1 rings (SSSR count). The van der Waals surface area contributed by atoms with Gasteiger partial charge in [0.05, 0.1) is 11.5 Å². The number of aliphatic hydroxyl groups excluding tert-OH is 1. The molecule has 1 aliphatic rings. The predicted molar refractivity (Wildman–Crippen MR) is 65.5 cm³/mol. The molecule has 0 bridgehead atoms. The van der Waals surface area contributed by atoms with Crippen molar-refractivity contribution in [1.29, 1.82) is 0 Å². The van der Waals surface area contributed by atoms with Crippen molar-refractivity contribution in [3.05, 3.63) is 0 Å². The Morgan fingerprint density at radius 3 is 2.75 bits per heavy atom. The van der Waals surface area contributed by atoms with Gasteiger partial charge < -0.3 is 10.4 Å². The first-order valence-corrected chi connectivity index (χ1v) is 6.51. The Balaban J connectivity index is 2.31. The van der Waals surface area contributed by atoms with Gasteiger partial charge in [-0.05, 0) is 39.0 Å². The second-order valence-corrected chi connectivity index (χ2v) is 5.68. The Morgan fingerprint density at radius 1 is 1.50 bits per heavy atom. The van der Waals surface area contributed by atoms with Crippen LogP contribution in [0.2, 0.25) is 0 Å². The maximum Gasteiger partial charge on any atom is 0.226 e. The van der Waals surface area contributed by atoms with Crippen LogP contribution >= 0.6 is 11.6 Å². The number of halogens is 1. The second-order valence-electron chi connectivity index (χ2n) is 5.41. The molecule has 2 atom stereocenters. The number of carbonyl (C=O) groups is 1. The quantitative estimate of drug-likeness (QED) is 0.746. The SMILES string of the molecule is CC(C)(CCl)C(=O)NCC1CCCC(O)C1. The second kappa shape index (κ2) is 5.87. The van der Waals surface area contributed by atoms with Gasteiger partial charge in [-0.15, -0.1) is 11.6 Å². The molecule has 1 fully saturated rings. The van der Waals surface area contributed by atoms with E-state index in [9.17, 15) is 9.90 Å². The van der Waals surface area contributed by atoms with Crippen LogP contribution in [-0.4, -0.2) is 29.5 Å². The molecule has 0 aliphatic heterocycles. The third kappa shape index (κ3) is 3.95. The molecule has 0 radical (unpaired) electrons. The molecule has 1 amide bonds. The lowest BCUT2D eigenvalue weighted by molar-refractivity contribution is -0.128. The van der Waals surface area contributed by atoms with E-state index in [1.807, 2.05) is 13.8 Å². The molecule has 3 nitrogen and oxygen atoms in total. The van der Waals surface area contributed by atoms with Crippen LogP contribution < -0.4 is 5.32 Å². The highest BCUT2D eigenvalue weighted by Gasteiger charge is 2.27. The van der Waals surface area contributed by atoms with Gasteiger partial charge in [0.1, 0.15) is 0 Å². The van der Waals surface area contributed by atoms with Crippen LogP contribution in [0.15, 0.2) is 0 Å². The molecule has 1 saturated carbocycles. The molecule has 0 aromatic rings. The monoisotopic (exact) mass is 247 g/mol. The van der Waals surface area contributed by atoms with Gasteiger partial charge in [0, 0.05) is 12.4 Å². The Kier molecular flexibility index (Phi) is 5.06. The molecule has 0 aromatic heterocycles. The van der Waals surface area contributed by atoms with Crippen molar-refractivity contribution in [3.8, 4) is 0 Å². The Hall–Kier alpha value is -0.280. The standard InChI is InChI=1S/C12H22ClNO2/c1-12(2,8-13)11(16)14-7-9-4-3-5-10(15)6-9/h9-10,15H,3-8H2,1-2H3,(H,14,16). The predicted octanol–water partition coefficient (Wildman–Crippen LogP) is 1.92. The molecule has 0 heterocycles. The normalized spacial score (nSPS) is 26.5. The zero-order chi connectivity index (χ0) is 12.2. The van der Waals surface area contributed by atoms with E-state index < -0.39 is 5.41 Å². The lowest BCUT2D eigenvalue weighted by Crippen LogP contribution is -2.41. The molecule has 0 saturated heterocycles. The zero-order valence-electron chi connectivity index (χ0n) is 10.1. The van der Waals surface area contributed by atoms with Gasteiger partial charge >= 0.3 is 0 Å². The molecule has 16 heavy (non-hydrogen) atoms. The fourth-order valence-corrected chi connectivity index (χ4v) is 2.11. The van der Waals surface area contributed by atoms with Gasteiger partial charge in [-0.1, -0.05) is 6.42 Å². The number of alkyl halides is 1. The van der Waals surface area contributed by atoms with Crippen molar-refractivity contribution < 1.29 is 9.90 Å². The smallest absolute Gasteiger partial charge is 0.226 e. The van der Waals surface area contributed by atoms with Gasteiger partial charge in [-0.2, -0.15) is 0 Å². The van der Waals surface area contributed by atoms with E-state index in [0.717, 1.165) is 25.7 Å². The number of carbonyl (C=O) groups excluding carboxylic acids is 1. The van der Waals surface area contributed by atoms with E-state index in [1.165, 1.54) is 0 Å². The van der Waals surface area contributed by atoms with Crippen LogP contribution in [0.1, 0.15) is 39.5 Å². The topological polar surface area (TPSA) is 49.3 Å². The van der Waals surface area contributed by atoms with Gasteiger partial charge in [0.2, 0.25) is 5.91 Å². The zero-order valence-corrected chi connectivity index (χ0v) is 10.9. The lowest BCUT2D eigenvalue weighted by Gasteiger charge is -2.27. The lowest BCUT2D eigenvalue weighted by atomic mass is 9.87. The highest BCUT2D eigenvalue weighted by molar-refractivity contribution is 6.19. The summed E-state index contributed by atoms with van der Waals surface area (Å²) in [5.41, 5.74) is -0.505. The van der Waals surface area contributed by atoms with Crippen molar-refractivity contribution in [2.75, 3.05) is 12.4 Å². The summed E-state index contributed by atoms with van der Waals surface area (Å²) in [6.45, 7) is 4.34. The number of aliphatic hydroxyl groups is 1. The number of hydrogen-bond donors (Lipinski definition) is 2. The molecule has 94 valence electrons. The summed E-state index contributed by atoms with van der Waals surface area (Å²) in [5, 5.41) is 12.4.